The molecule has 0 unspecified atom stereocenters. The van der Waals surface area contributed by atoms with Crippen LogP contribution in [0, 0.1) is 0 Å². The molecule has 0 amide bonds. The van der Waals surface area contributed by atoms with Crippen LogP contribution < -0.4 is 4.90 Å². The molecule has 2 aliphatic heterocycles. The Kier molecular flexibility index (Phi) is 2.23. The van der Waals surface area contributed by atoms with Crippen LogP contribution in [0.5, 0.6) is 0 Å². The summed E-state index contributed by atoms with van der Waals surface area (Å²) >= 11 is 6.03. The van der Waals surface area contributed by atoms with Gasteiger partial charge in [0.05, 0.1) is 6.61 Å². The second-order valence-corrected chi connectivity index (χ2v) is 4.80. The van der Waals surface area contributed by atoms with E-state index >= 15 is 0 Å². The van der Waals surface area contributed by atoms with E-state index in [4.69, 9.17) is 21.9 Å². The minimum atomic E-state index is -0.621. The van der Waals surface area contributed by atoms with E-state index in [-0.39, 0.29) is 6.23 Å². The standard InChI is InChI=1S/C11H11ClN4O/c1-16-9-3-2-7(12)6-8(9)11(14-15-13)4-5-17-10(11)16/h2-3,6,10H,4-5H2,1H3/t10-,11+/m0/s1. The molecule has 5 nitrogen and oxygen atoms in total. The molecule has 0 N–H and O–H groups in total. The van der Waals surface area contributed by atoms with Crippen molar-refractivity contribution in [3.05, 3.63) is 39.2 Å². The number of hydrogen-bond acceptors (Lipinski definition) is 3. The molecule has 6 heteroatoms. The van der Waals surface area contributed by atoms with E-state index in [1.807, 2.05) is 30.1 Å². The van der Waals surface area contributed by atoms with Gasteiger partial charge in [-0.05, 0) is 35.7 Å². The van der Waals surface area contributed by atoms with Crippen LogP contribution in [-0.4, -0.2) is 19.9 Å². The van der Waals surface area contributed by atoms with Crippen LogP contribution in [0.1, 0.15) is 12.0 Å². The summed E-state index contributed by atoms with van der Waals surface area (Å²) in [6.07, 6.45) is 0.478. The molecule has 0 saturated carbocycles. The maximum absolute atomic E-state index is 8.80. The molecule has 2 atom stereocenters. The van der Waals surface area contributed by atoms with Gasteiger partial charge in [0.25, 0.3) is 0 Å². The highest BCUT2D eigenvalue weighted by atomic mass is 35.5. The van der Waals surface area contributed by atoms with E-state index in [2.05, 4.69) is 10.0 Å². The minimum Gasteiger partial charge on any atom is -0.357 e. The van der Waals surface area contributed by atoms with Crippen LogP contribution in [0.25, 0.3) is 10.4 Å². The van der Waals surface area contributed by atoms with Gasteiger partial charge in [-0.25, -0.2) is 0 Å². The van der Waals surface area contributed by atoms with Crippen LogP contribution in [0.4, 0.5) is 5.69 Å². The molecule has 0 radical (unpaired) electrons. The van der Waals surface area contributed by atoms with Gasteiger partial charge in [0.1, 0.15) is 11.8 Å². The zero-order chi connectivity index (χ0) is 12.0. The first kappa shape index (κ1) is 10.7. The lowest BCUT2D eigenvalue weighted by molar-refractivity contribution is 0.0892. The first-order valence-corrected chi connectivity index (χ1v) is 5.77. The van der Waals surface area contributed by atoms with Crippen molar-refractivity contribution < 1.29 is 4.74 Å². The highest BCUT2D eigenvalue weighted by Gasteiger charge is 2.53. The zero-order valence-corrected chi connectivity index (χ0v) is 10.1. The Morgan fingerprint density at radius 1 is 1.65 bits per heavy atom. The van der Waals surface area contributed by atoms with Crippen molar-refractivity contribution in [2.45, 2.75) is 18.2 Å². The van der Waals surface area contributed by atoms with Gasteiger partial charge >= 0.3 is 0 Å². The Bertz CT molecular complexity index is 528. The lowest BCUT2D eigenvalue weighted by atomic mass is 9.90. The number of rotatable bonds is 1. The average molecular weight is 251 g/mol. The molecule has 0 aromatic heterocycles. The summed E-state index contributed by atoms with van der Waals surface area (Å²) < 4.78 is 5.69. The molecule has 0 bridgehead atoms. The maximum Gasteiger partial charge on any atom is 0.145 e. The number of ether oxygens (including phenoxy) is 1. The monoisotopic (exact) mass is 250 g/mol. The minimum absolute atomic E-state index is 0.216. The van der Waals surface area contributed by atoms with Gasteiger partial charge in [-0.1, -0.05) is 16.7 Å². The second kappa shape index (κ2) is 3.53. The van der Waals surface area contributed by atoms with Crippen molar-refractivity contribution >= 4 is 17.3 Å². The van der Waals surface area contributed by atoms with Crippen LogP contribution in [-0.2, 0) is 10.3 Å². The van der Waals surface area contributed by atoms with Gasteiger partial charge in [0, 0.05) is 22.7 Å². The fraction of sp³-hybridized carbons (Fsp3) is 0.455. The van der Waals surface area contributed by atoms with Crippen molar-refractivity contribution in [1.82, 2.24) is 0 Å². The number of hydrogen-bond donors (Lipinski definition) is 0. The van der Waals surface area contributed by atoms with Gasteiger partial charge in [-0.15, -0.1) is 0 Å². The Balaban J connectivity index is 2.26. The smallest absolute Gasteiger partial charge is 0.145 e. The highest BCUT2D eigenvalue weighted by Crippen LogP contribution is 2.52. The lowest BCUT2D eigenvalue weighted by Gasteiger charge is -2.25. The van der Waals surface area contributed by atoms with E-state index < -0.39 is 5.54 Å². The number of benzene rings is 1. The molecule has 88 valence electrons. The first-order chi connectivity index (χ1) is 8.19. The topological polar surface area (TPSA) is 61.2 Å². The summed E-state index contributed by atoms with van der Waals surface area (Å²) in [5, 5.41) is 4.66. The van der Waals surface area contributed by atoms with Gasteiger partial charge in [-0.3, -0.25) is 0 Å². The molecule has 1 aromatic carbocycles. The molecule has 17 heavy (non-hydrogen) atoms. The number of fused-ring (bicyclic) bond motifs is 3. The normalized spacial score (nSPS) is 29.8. The molecule has 1 saturated heterocycles. The van der Waals surface area contributed by atoms with Crippen LogP contribution in [0.2, 0.25) is 5.02 Å². The van der Waals surface area contributed by atoms with Gasteiger partial charge in [0.15, 0.2) is 0 Å². The molecule has 0 aliphatic carbocycles. The van der Waals surface area contributed by atoms with E-state index in [0.717, 1.165) is 11.3 Å². The third-order valence-electron chi connectivity index (χ3n) is 3.55. The van der Waals surface area contributed by atoms with Crippen molar-refractivity contribution in [2.24, 2.45) is 5.11 Å². The zero-order valence-electron chi connectivity index (χ0n) is 9.30. The number of nitrogens with zero attached hydrogens (tertiary/aromatic N) is 4. The number of halogens is 1. The molecule has 1 aromatic rings. The third-order valence-corrected chi connectivity index (χ3v) is 3.78. The van der Waals surface area contributed by atoms with Crippen LogP contribution >= 0.6 is 11.6 Å². The van der Waals surface area contributed by atoms with Crippen molar-refractivity contribution in [1.29, 1.82) is 0 Å². The van der Waals surface area contributed by atoms with Crippen LogP contribution in [0.15, 0.2) is 23.3 Å². The van der Waals surface area contributed by atoms with Gasteiger partial charge in [0.2, 0.25) is 0 Å². The van der Waals surface area contributed by atoms with Crippen LogP contribution in [0.3, 0.4) is 0 Å². The maximum atomic E-state index is 8.80. The number of anilines is 1. The summed E-state index contributed by atoms with van der Waals surface area (Å²) in [4.78, 5) is 5.00. The predicted octanol–water partition coefficient (Wildman–Crippen LogP) is 3.04. The van der Waals surface area contributed by atoms with E-state index in [0.29, 0.717) is 18.1 Å². The summed E-state index contributed by atoms with van der Waals surface area (Å²) in [5.41, 5.74) is 10.2. The SMILES string of the molecule is CN1c2ccc(Cl)cc2[C@]2(N=[N+]=[N-])CCO[C@H]12. The average Bonchev–Trinajstić information content (AvgIpc) is 2.80. The molecule has 0 spiro atoms. The lowest BCUT2D eigenvalue weighted by Crippen LogP contribution is -2.38. The highest BCUT2D eigenvalue weighted by molar-refractivity contribution is 6.30. The van der Waals surface area contributed by atoms with E-state index in [9.17, 15) is 0 Å². The molecule has 2 heterocycles. The summed E-state index contributed by atoms with van der Waals surface area (Å²) in [7, 11) is 1.94. The third kappa shape index (κ3) is 1.27. The molecular weight excluding hydrogens is 240 g/mol. The van der Waals surface area contributed by atoms with Gasteiger partial charge in [-0.2, -0.15) is 0 Å². The molecule has 1 fully saturated rings. The van der Waals surface area contributed by atoms with Gasteiger partial charge < -0.3 is 9.64 Å². The Labute approximate surface area is 104 Å². The fourth-order valence-electron chi connectivity index (χ4n) is 2.81. The number of azide groups is 1. The Hall–Kier alpha value is -1.42. The number of likely N-dealkylation sites (N-methyl/N-ethyl adjacent to an activating group) is 1. The molecule has 3 rings (SSSR count). The van der Waals surface area contributed by atoms with Crippen molar-refractivity contribution in [3.8, 4) is 0 Å². The molecule has 2 aliphatic rings. The quantitative estimate of drug-likeness (QED) is 0.437. The Morgan fingerprint density at radius 2 is 2.47 bits per heavy atom. The van der Waals surface area contributed by atoms with Crippen molar-refractivity contribution in [2.75, 3.05) is 18.6 Å². The van der Waals surface area contributed by atoms with E-state index in [1.54, 1.807) is 0 Å². The summed E-state index contributed by atoms with van der Waals surface area (Å²) in [6.45, 7) is 0.597. The van der Waals surface area contributed by atoms with Crippen molar-refractivity contribution in [3.63, 3.8) is 0 Å². The second-order valence-electron chi connectivity index (χ2n) is 4.36. The summed E-state index contributed by atoms with van der Waals surface area (Å²) in [5.74, 6) is 0. The fourth-order valence-corrected chi connectivity index (χ4v) is 2.98. The first-order valence-electron chi connectivity index (χ1n) is 5.40. The summed E-state index contributed by atoms with van der Waals surface area (Å²) in [6, 6.07) is 5.65. The molecular formula is C11H11ClN4O. The largest absolute Gasteiger partial charge is 0.357 e. The predicted molar refractivity (Wildman–Crippen MR) is 65.0 cm³/mol. The van der Waals surface area contributed by atoms with E-state index in [1.165, 1.54) is 0 Å². The Morgan fingerprint density at radius 3 is 3.24 bits per heavy atom.